The van der Waals surface area contributed by atoms with Gasteiger partial charge in [0.25, 0.3) is 0 Å². The highest BCUT2D eigenvalue weighted by Crippen LogP contribution is 2.40. The summed E-state index contributed by atoms with van der Waals surface area (Å²) in [6.45, 7) is 1.86. The number of rotatable bonds is 11. The first-order chi connectivity index (χ1) is 15.1. The number of aliphatic hydroxyl groups excluding tert-OH is 2. The van der Waals surface area contributed by atoms with Gasteiger partial charge in [-0.1, -0.05) is 37.3 Å². The maximum Gasteiger partial charge on any atom is 0.416 e. The Labute approximate surface area is 186 Å². The molecule has 0 heterocycles. The number of unbranched alkanes of at least 4 members (excludes halogenated alkanes) is 1. The fourth-order valence-electron chi connectivity index (χ4n) is 4.04. The third-order valence-corrected chi connectivity index (χ3v) is 5.76. The van der Waals surface area contributed by atoms with Gasteiger partial charge < -0.3 is 20.1 Å². The Hall–Kier alpha value is -2.32. The Morgan fingerprint density at radius 2 is 2.06 bits per heavy atom. The minimum atomic E-state index is -4.47. The molecule has 1 saturated carbocycles. The molecule has 0 spiro atoms. The van der Waals surface area contributed by atoms with E-state index < -0.39 is 29.9 Å². The van der Waals surface area contributed by atoms with Crippen molar-refractivity contribution in [1.82, 2.24) is 0 Å². The number of hydrogen-bond donors (Lipinski definition) is 3. The van der Waals surface area contributed by atoms with E-state index in [0.29, 0.717) is 19.3 Å². The number of hydrogen-bond acceptors (Lipinski definition) is 4. The summed E-state index contributed by atoms with van der Waals surface area (Å²) in [5.41, 5.74) is -0.818. The molecule has 0 saturated heterocycles. The van der Waals surface area contributed by atoms with E-state index in [4.69, 9.17) is 9.84 Å². The molecule has 8 heteroatoms. The molecule has 0 bridgehead atoms. The molecule has 1 aliphatic carbocycles. The number of benzene rings is 1. The molecular weight excluding hydrogens is 425 g/mol. The van der Waals surface area contributed by atoms with Gasteiger partial charge in [-0.15, -0.1) is 0 Å². The minimum absolute atomic E-state index is 0.0210. The van der Waals surface area contributed by atoms with E-state index in [1.807, 2.05) is 12.2 Å². The van der Waals surface area contributed by atoms with Crippen LogP contribution in [0.4, 0.5) is 13.2 Å². The standard InChI is InChI=1S/C24H31F3O5/c1-16-13-22(29)21(20(16)9-4-2-3-5-10-23(30)31)12-11-18(28)15-32-19-8-6-7-17(14-19)24(25,26)27/h2,4,6-8,11-12,14,16,18,20-22,28-29H,3,5,9-10,13,15H2,1H3,(H,30,31)/b4-2-,12-11+/t16-,18+,20-,21?,22+/m0/s1. The summed E-state index contributed by atoms with van der Waals surface area (Å²) in [6.07, 6.45) is 3.98. The third-order valence-electron chi connectivity index (χ3n) is 5.76. The quantitative estimate of drug-likeness (QED) is 0.328. The molecule has 5 atom stereocenters. The Morgan fingerprint density at radius 1 is 1.31 bits per heavy atom. The first-order valence-corrected chi connectivity index (χ1v) is 10.8. The SMILES string of the molecule is C[C@H]1C[C@@H](O)C(/C=C/[C@@H](O)COc2cccc(C(F)(F)F)c2)[C@H]1C/C=C\CCCC(=O)O. The topological polar surface area (TPSA) is 87.0 Å². The van der Waals surface area contributed by atoms with Crippen LogP contribution in [0.2, 0.25) is 0 Å². The van der Waals surface area contributed by atoms with Gasteiger partial charge in [0.1, 0.15) is 18.5 Å². The van der Waals surface area contributed by atoms with Gasteiger partial charge in [0.15, 0.2) is 0 Å². The zero-order valence-electron chi connectivity index (χ0n) is 18.0. The van der Waals surface area contributed by atoms with Crippen molar-refractivity contribution in [3.05, 3.63) is 54.1 Å². The smallest absolute Gasteiger partial charge is 0.416 e. The van der Waals surface area contributed by atoms with Gasteiger partial charge in [-0.05, 0) is 55.7 Å². The number of allylic oxidation sites excluding steroid dienone is 2. The number of halogens is 3. The van der Waals surface area contributed by atoms with Gasteiger partial charge in [-0.2, -0.15) is 13.2 Å². The lowest BCUT2D eigenvalue weighted by Crippen LogP contribution is -2.20. The Morgan fingerprint density at radius 3 is 2.75 bits per heavy atom. The highest BCUT2D eigenvalue weighted by molar-refractivity contribution is 5.66. The van der Waals surface area contributed by atoms with Crippen LogP contribution in [0, 0.1) is 17.8 Å². The van der Waals surface area contributed by atoms with Crippen molar-refractivity contribution < 1.29 is 38.0 Å². The van der Waals surface area contributed by atoms with E-state index in [-0.39, 0.29) is 36.5 Å². The number of ether oxygens (including phenoxy) is 1. The number of carboxylic acid groups (broad SMARTS) is 1. The summed E-state index contributed by atoms with van der Waals surface area (Å²) < 4.78 is 43.6. The van der Waals surface area contributed by atoms with Crippen molar-refractivity contribution in [2.75, 3.05) is 6.61 Å². The number of carbonyl (C=O) groups is 1. The summed E-state index contributed by atoms with van der Waals surface area (Å²) in [5.74, 6) is -0.494. The average Bonchev–Trinajstić information content (AvgIpc) is 2.99. The van der Waals surface area contributed by atoms with Crippen molar-refractivity contribution in [3.63, 3.8) is 0 Å². The predicted octanol–water partition coefficient (Wildman–Crippen LogP) is 4.84. The van der Waals surface area contributed by atoms with Crippen LogP contribution >= 0.6 is 0 Å². The van der Waals surface area contributed by atoms with E-state index in [9.17, 15) is 28.2 Å². The van der Waals surface area contributed by atoms with Crippen molar-refractivity contribution >= 4 is 5.97 Å². The van der Waals surface area contributed by atoms with Gasteiger partial charge in [0, 0.05) is 12.3 Å². The van der Waals surface area contributed by atoms with Gasteiger partial charge >= 0.3 is 12.1 Å². The second-order valence-corrected chi connectivity index (χ2v) is 8.30. The highest BCUT2D eigenvalue weighted by Gasteiger charge is 2.37. The molecule has 178 valence electrons. The van der Waals surface area contributed by atoms with Crippen LogP contribution in [0.5, 0.6) is 5.75 Å². The van der Waals surface area contributed by atoms with Crippen molar-refractivity contribution in [1.29, 1.82) is 0 Å². The van der Waals surface area contributed by atoms with E-state index in [1.165, 1.54) is 18.2 Å². The normalized spacial score (nSPS) is 24.9. The molecule has 1 fully saturated rings. The molecule has 32 heavy (non-hydrogen) atoms. The number of aliphatic carboxylic acids is 1. The highest BCUT2D eigenvalue weighted by atomic mass is 19.4. The van der Waals surface area contributed by atoms with Crippen LogP contribution in [0.25, 0.3) is 0 Å². The summed E-state index contributed by atoms with van der Waals surface area (Å²) in [4.78, 5) is 10.5. The molecule has 1 unspecified atom stereocenters. The number of aliphatic hydroxyl groups is 2. The van der Waals surface area contributed by atoms with Crippen LogP contribution in [0.3, 0.4) is 0 Å². The van der Waals surface area contributed by atoms with E-state index >= 15 is 0 Å². The Kier molecular flexibility index (Phi) is 9.78. The fraction of sp³-hybridized carbons (Fsp3) is 0.542. The first kappa shape index (κ1) is 25.9. The zero-order chi connectivity index (χ0) is 23.7. The van der Waals surface area contributed by atoms with Crippen LogP contribution in [0.15, 0.2) is 48.6 Å². The van der Waals surface area contributed by atoms with Crippen LogP contribution in [0.1, 0.15) is 44.6 Å². The van der Waals surface area contributed by atoms with E-state index in [1.54, 1.807) is 6.08 Å². The molecule has 0 aliphatic heterocycles. The van der Waals surface area contributed by atoms with Crippen molar-refractivity contribution in [3.8, 4) is 5.75 Å². The number of carboxylic acids is 1. The average molecular weight is 457 g/mol. The lowest BCUT2D eigenvalue weighted by Gasteiger charge is -2.20. The molecule has 1 aromatic carbocycles. The molecular formula is C24H31F3O5. The Bertz CT molecular complexity index is 790. The molecule has 3 N–H and O–H groups in total. The van der Waals surface area contributed by atoms with E-state index in [0.717, 1.165) is 18.6 Å². The Balaban J connectivity index is 1.87. The first-order valence-electron chi connectivity index (χ1n) is 10.8. The van der Waals surface area contributed by atoms with Crippen LogP contribution in [-0.4, -0.2) is 40.1 Å². The van der Waals surface area contributed by atoms with Crippen molar-refractivity contribution in [2.45, 2.75) is 57.4 Å². The second-order valence-electron chi connectivity index (χ2n) is 8.30. The summed E-state index contributed by atoms with van der Waals surface area (Å²) in [7, 11) is 0. The van der Waals surface area contributed by atoms with Gasteiger partial charge in [-0.3, -0.25) is 4.79 Å². The summed E-state index contributed by atoms with van der Waals surface area (Å²) in [6, 6.07) is 4.48. The molecule has 1 aliphatic rings. The maximum atomic E-state index is 12.8. The second kappa shape index (κ2) is 12.1. The molecule has 2 rings (SSSR count). The third kappa shape index (κ3) is 8.31. The molecule has 0 amide bonds. The fourth-order valence-corrected chi connectivity index (χ4v) is 4.04. The summed E-state index contributed by atoms with van der Waals surface area (Å²) in [5, 5.41) is 29.2. The molecule has 1 aromatic rings. The predicted molar refractivity (Wildman–Crippen MR) is 114 cm³/mol. The van der Waals surface area contributed by atoms with Crippen molar-refractivity contribution in [2.24, 2.45) is 17.8 Å². The lowest BCUT2D eigenvalue weighted by atomic mass is 9.86. The molecule has 0 aromatic heterocycles. The monoisotopic (exact) mass is 456 g/mol. The summed E-state index contributed by atoms with van der Waals surface area (Å²) >= 11 is 0. The minimum Gasteiger partial charge on any atom is -0.491 e. The largest absolute Gasteiger partial charge is 0.491 e. The van der Waals surface area contributed by atoms with Gasteiger partial charge in [0.05, 0.1) is 11.7 Å². The zero-order valence-corrected chi connectivity index (χ0v) is 18.0. The molecule has 5 nitrogen and oxygen atoms in total. The van der Waals surface area contributed by atoms with E-state index in [2.05, 4.69) is 6.92 Å². The number of alkyl halides is 3. The lowest BCUT2D eigenvalue weighted by molar-refractivity contribution is -0.138. The maximum absolute atomic E-state index is 12.8. The van der Waals surface area contributed by atoms with Crippen LogP contribution in [-0.2, 0) is 11.0 Å². The van der Waals surface area contributed by atoms with Crippen LogP contribution < -0.4 is 4.74 Å². The molecule has 0 radical (unpaired) electrons. The van der Waals surface area contributed by atoms with Gasteiger partial charge in [-0.25, -0.2) is 0 Å². The van der Waals surface area contributed by atoms with Gasteiger partial charge in [0.2, 0.25) is 0 Å².